The van der Waals surface area contributed by atoms with Gasteiger partial charge in [-0.3, -0.25) is 4.98 Å². The van der Waals surface area contributed by atoms with Crippen LogP contribution < -0.4 is 5.73 Å². The Morgan fingerprint density at radius 2 is 1.95 bits per heavy atom. The molecule has 2 heterocycles. The van der Waals surface area contributed by atoms with Gasteiger partial charge in [0, 0.05) is 28.8 Å². The quantitative estimate of drug-likeness (QED) is 0.794. The van der Waals surface area contributed by atoms with Crippen LogP contribution in [-0.2, 0) is 6.42 Å². The number of anilines is 1. The van der Waals surface area contributed by atoms with Gasteiger partial charge in [0.25, 0.3) is 0 Å². The highest BCUT2D eigenvalue weighted by atomic mass is 32.1. The van der Waals surface area contributed by atoms with E-state index in [1.807, 2.05) is 24.4 Å². The van der Waals surface area contributed by atoms with E-state index < -0.39 is 0 Å². The van der Waals surface area contributed by atoms with Crippen LogP contribution in [0.3, 0.4) is 0 Å². The van der Waals surface area contributed by atoms with Gasteiger partial charge in [-0.15, -0.1) is 11.3 Å². The van der Waals surface area contributed by atoms with Crippen LogP contribution in [0.15, 0.2) is 42.6 Å². The molecular weight excluding hydrogens is 278 g/mol. The lowest BCUT2D eigenvalue weighted by Crippen LogP contribution is -1.92. The summed E-state index contributed by atoms with van der Waals surface area (Å²) in [6, 6.07) is 12.4. The Kier molecular flexibility index (Phi) is 3.71. The minimum atomic E-state index is 0.606. The molecule has 0 saturated carbocycles. The SMILES string of the molecule is Cc1ccc(-c2nc(N)sc2Cc2ccccn2)cc1C. The Balaban J connectivity index is 2.01. The second kappa shape index (κ2) is 5.66. The van der Waals surface area contributed by atoms with Gasteiger partial charge in [0.15, 0.2) is 5.13 Å². The summed E-state index contributed by atoms with van der Waals surface area (Å²) in [5.41, 5.74) is 11.6. The molecule has 21 heavy (non-hydrogen) atoms. The van der Waals surface area contributed by atoms with Crippen molar-refractivity contribution < 1.29 is 0 Å². The predicted molar refractivity (Wildman–Crippen MR) is 88.5 cm³/mol. The molecule has 1 aromatic carbocycles. The first-order chi connectivity index (χ1) is 10.1. The van der Waals surface area contributed by atoms with Crippen LogP contribution in [0.2, 0.25) is 0 Å². The molecule has 106 valence electrons. The zero-order valence-electron chi connectivity index (χ0n) is 12.1. The first-order valence-electron chi connectivity index (χ1n) is 6.86. The van der Waals surface area contributed by atoms with Crippen LogP contribution in [-0.4, -0.2) is 9.97 Å². The number of aryl methyl sites for hydroxylation is 2. The van der Waals surface area contributed by atoms with E-state index in [9.17, 15) is 0 Å². The Labute approximate surface area is 128 Å². The molecule has 0 amide bonds. The highest BCUT2D eigenvalue weighted by Gasteiger charge is 2.13. The number of nitrogens with zero attached hydrogens (tertiary/aromatic N) is 2. The van der Waals surface area contributed by atoms with Gasteiger partial charge in [0.05, 0.1) is 5.69 Å². The number of pyridine rings is 1. The van der Waals surface area contributed by atoms with Crippen LogP contribution in [0.1, 0.15) is 21.7 Å². The molecular formula is C17H17N3S. The fraction of sp³-hybridized carbons (Fsp3) is 0.176. The van der Waals surface area contributed by atoms with E-state index in [0.29, 0.717) is 5.13 Å². The Morgan fingerprint density at radius 1 is 1.10 bits per heavy atom. The molecule has 3 aromatic rings. The molecule has 3 nitrogen and oxygen atoms in total. The van der Waals surface area contributed by atoms with Crippen LogP contribution in [0.25, 0.3) is 11.3 Å². The Bertz CT molecular complexity index is 763. The van der Waals surface area contributed by atoms with E-state index in [1.165, 1.54) is 11.1 Å². The summed E-state index contributed by atoms with van der Waals surface area (Å²) in [4.78, 5) is 10.1. The number of benzene rings is 1. The molecule has 0 spiro atoms. The number of rotatable bonds is 3. The Morgan fingerprint density at radius 3 is 2.67 bits per heavy atom. The smallest absolute Gasteiger partial charge is 0.180 e. The molecule has 0 unspecified atom stereocenters. The summed E-state index contributed by atoms with van der Waals surface area (Å²) in [7, 11) is 0. The maximum Gasteiger partial charge on any atom is 0.180 e. The largest absolute Gasteiger partial charge is 0.375 e. The van der Waals surface area contributed by atoms with Crippen molar-refractivity contribution in [3.63, 3.8) is 0 Å². The van der Waals surface area contributed by atoms with E-state index in [0.717, 1.165) is 28.2 Å². The lowest BCUT2D eigenvalue weighted by Gasteiger charge is -2.05. The molecule has 0 radical (unpaired) electrons. The van der Waals surface area contributed by atoms with Gasteiger partial charge in [-0.1, -0.05) is 18.2 Å². The van der Waals surface area contributed by atoms with Gasteiger partial charge in [-0.25, -0.2) is 4.98 Å². The number of nitrogens with two attached hydrogens (primary N) is 1. The van der Waals surface area contributed by atoms with Crippen LogP contribution >= 0.6 is 11.3 Å². The normalized spacial score (nSPS) is 10.8. The summed E-state index contributed by atoms with van der Waals surface area (Å²) in [5, 5.41) is 0.606. The molecule has 0 atom stereocenters. The molecule has 4 heteroatoms. The van der Waals surface area contributed by atoms with Crippen LogP contribution in [0.4, 0.5) is 5.13 Å². The van der Waals surface area contributed by atoms with Crippen molar-refractivity contribution in [3.8, 4) is 11.3 Å². The standard InChI is InChI=1S/C17H17N3S/c1-11-6-7-13(9-12(11)2)16-15(21-17(18)20-16)10-14-5-3-4-8-19-14/h3-9H,10H2,1-2H3,(H2,18,20). The molecule has 0 fully saturated rings. The second-order valence-corrected chi connectivity index (χ2v) is 6.24. The topological polar surface area (TPSA) is 51.8 Å². The second-order valence-electron chi connectivity index (χ2n) is 5.12. The maximum atomic E-state index is 5.93. The molecule has 3 rings (SSSR count). The molecule has 0 aliphatic carbocycles. The molecule has 0 saturated heterocycles. The summed E-state index contributed by atoms with van der Waals surface area (Å²) in [6.45, 7) is 4.23. The maximum absolute atomic E-state index is 5.93. The van der Waals surface area contributed by atoms with Gasteiger partial charge < -0.3 is 5.73 Å². The van der Waals surface area contributed by atoms with Gasteiger partial charge in [0.2, 0.25) is 0 Å². The molecule has 0 aliphatic rings. The number of hydrogen-bond donors (Lipinski definition) is 1. The number of nitrogen functional groups attached to an aromatic ring is 1. The predicted octanol–water partition coefficient (Wildman–Crippen LogP) is 3.99. The van der Waals surface area contributed by atoms with Crippen molar-refractivity contribution in [2.45, 2.75) is 20.3 Å². The number of aromatic nitrogens is 2. The minimum Gasteiger partial charge on any atom is -0.375 e. The third kappa shape index (κ3) is 2.95. The van der Waals surface area contributed by atoms with Crippen molar-refractivity contribution in [1.82, 2.24) is 9.97 Å². The van der Waals surface area contributed by atoms with Crippen molar-refractivity contribution in [2.75, 3.05) is 5.73 Å². The molecule has 0 bridgehead atoms. The van der Waals surface area contributed by atoms with E-state index in [2.05, 4.69) is 42.0 Å². The highest BCUT2D eigenvalue weighted by Crippen LogP contribution is 2.32. The van der Waals surface area contributed by atoms with Crippen molar-refractivity contribution in [3.05, 3.63) is 64.3 Å². The van der Waals surface area contributed by atoms with Gasteiger partial charge >= 0.3 is 0 Å². The lowest BCUT2D eigenvalue weighted by atomic mass is 10.0. The summed E-state index contributed by atoms with van der Waals surface area (Å²) >= 11 is 1.54. The van der Waals surface area contributed by atoms with E-state index in [1.54, 1.807) is 11.3 Å². The van der Waals surface area contributed by atoms with E-state index >= 15 is 0 Å². The van der Waals surface area contributed by atoms with E-state index in [-0.39, 0.29) is 0 Å². The lowest BCUT2D eigenvalue weighted by molar-refractivity contribution is 1.09. The molecule has 2 aromatic heterocycles. The van der Waals surface area contributed by atoms with Crippen LogP contribution in [0, 0.1) is 13.8 Å². The third-order valence-corrected chi connectivity index (χ3v) is 4.45. The minimum absolute atomic E-state index is 0.606. The number of hydrogen-bond acceptors (Lipinski definition) is 4. The average molecular weight is 295 g/mol. The molecule has 2 N–H and O–H groups in total. The van der Waals surface area contributed by atoms with Gasteiger partial charge in [0.1, 0.15) is 0 Å². The first kappa shape index (κ1) is 13.8. The molecule has 0 aliphatic heterocycles. The van der Waals surface area contributed by atoms with Crippen molar-refractivity contribution in [2.24, 2.45) is 0 Å². The fourth-order valence-corrected chi connectivity index (χ4v) is 3.14. The van der Waals surface area contributed by atoms with Crippen molar-refractivity contribution in [1.29, 1.82) is 0 Å². The summed E-state index contributed by atoms with van der Waals surface area (Å²) in [5.74, 6) is 0. The zero-order chi connectivity index (χ0) is 14.8. The number of thiazole rings is 1. The Hall–Kier alpha value is -2.20. The summed E-state index contributed by atoms with van der Waals surface area (Å²) in [6.07, 6.45) is 2.58. The van der Waals surface area contributed by atoms with Crippen molar-refractivity contribution >= 4 is 16.5 Å². The third-order valence-electron chi connectivity index (χ3n) is 3.56. The summed E-state index contributed by atoms with van der Waals surface area (Å²) < 4.78 is 0. The van der Waals surface area contributed by atoms with Gasteiger partial charge in [-0.2, -0.15) is 0 Å². The first-order valence-corrected chi connectivity index (χ1v) is 7.68. The highest BCUT2D eigenvalue weighted by molar-refractivity contribution is 7.15. The fourth-order valence-electron chi connectivity index (χ4n) is 2.27. The van der Waals surface area contributed by atoms with Gasteiger partial charge in [-0.05, 0) is 43.2 Å². The average Bonchev–Trinajstić information content (AvgIpc) is 2.84. The monoisotopic (exact) mass is 295 g/mol. The van der Waals surface area contributed by atoms with Crippen LogP contribution in [0.5, 0.6) is 0 Å². The van der Waals surface area contributed by atoms with E-state index in [4.69, 9.17) is 5.73 Å². The zero-order valence-corrected chi connectivity index (χ0v) is 12.9.